The molecule has 0 spiro atoms. The first-order chi connectivity index (χ1) is 8.60. The molecule has 0 aliphatic heterocycles. The van der Waals surface area contributed by atoms with Crippen LogP contribution in [0, 0.1) is 20.8 Å². The Bertz CT molecular complexity index is 568. The molecule has 0 saturated carbocycles. The lowest BCUT2D eigenvalue weighted by molar-refractivity contribution is 0.375. The molecule has 0 bridgehead atoms. The van der Waals surface area contributed by atoms with Gasteiger partial charge in [-0.05, 0) is 43.5 Å². The van der Waals surface area contributed by atoms with E-state index in [2.05, 4.69) is 23.0 Å². The number of methoxy groups -OCH3 is 1. The number of hydrogen-bond donors (Lipinski definition) is 0. The molecule has 4 nitrogen and oxygen atoms in total. The van der Waals surface area contributed by atoms with Gasteiger partial charge in [0.25, 0.3) is 0 Å². The SMILES string of the molecule is COc1ccnc(Oc2cc(C)cc(C)c2C)n1. The van der Waals surface area contributed by atoms with Crippen LogP contribution in [0.15, 0.2) is 24.4 Å². The number of benzene rings is 1. The fourth-order valence-electron chi connectivity index (χ4n) is 1.69. The number of ether oxygens (including phenoxy) is 2. The molecule has 1 heterocycles. The Kier molecular flexibility index (Phi) is 3.46. The number of aromatic nitrogens is 2. The number of hydrogen-bond acceptors (Lipinski definition) is 4. The highest BCUT2D eigenvalue weighted by Crippen LogP contribution is 2.27. The van der Waals surface area contributed by atoms with Crippen LogP contribution < -0.4 is 9.47 Å². The Labute approximate surface area is 107 Å². The first kappa shape index (κ1) is 12.4. The van der Waals surface area contributed by atoms with Crippen LogP contribution in [-0.4, -0.2) is 17.1 Å². The fraction of sp³-hybridized carbons (Fsp3) is 0.286. The minimum atomic E-state index is 0.294. The number of rotatable bonds is 3. The Morgan fingerprint density at radius 3 is 2.61 bits per heavy atom. The van der Waals surface area contributed by atoms with E-state index in [0.717, 1.165) is 16.9 Å². The minimum absolute atomic E-state index is 0.294. The van der Waals surface area contributed by atoms with E-state index in [1.807, 2.05) is 19.9 Å². The van der Waals surface area contributed by atoms with Crippen LogP contribution in [0.4, 0.5) is 0 Å². The van der Waals surface area contributed by atoms with Crippen LogP contribution in [0.2, 0.25) is 0 Å². The normalized spacial score (nSPS) is 10.2. The van der Waals surface area contributed by atoms with Crippen LogP contribution in [0.1, 0.15) is 16.7 Å². The van der Waals surface area contributed by atoms with Crippen molar-refractivity contribution in [2.24, 2.45) is 0 Å². The molecular formula is C14H16N2O2. The number of nitrogens with zero attached hydrogens (tertiary/aromatic N) is 2. The Morgan fingerprint density at radius 1 is 1.11 bits per heavy atom. The summed E-state index contributed by atoms with van der Waals surface area (Å²) in [6.45, 7) is 6.11. The maximum absolute atomic E-state index is 5.71. The molecular weight excluding hydrogens is 228 g/mol. The van der Waals surface area contributed by atoms with Gasteiger partial charge in [0.1, 0.15) is 5.75 Å². The molecule has 18 heavy (non-hydrogen) atoms. The second-order valence-corrected chi connectivity index (χ2v) is 4.19. The quantitative estimate of drug-likeness (QED) is 0.831. The molecule has 0 unspecified atom stereocenters. The van der Waals surface area contributed by atoms with Gasteiger partial charge >= 0.3 is 6.01 Å². The molecule has 0 aliphatic rings. The summed E-state index contributed by atoms with van der Waals surface area (Å²) in [4.78, 5) is 8.20. The van der Waals surface area contributed by atoms with Crippen molar-refractivity contribution < 1.29 is 9.47 Å². The molecule has 2 rings (SSSR count). The minimum Gasteiger partial charge on any atom is -0.481 e. The monoisotopic (exact) mass is 244 g/mol. The zero-order valence-electron chi connectivity index (χ0n) is 11.0. The summed E-state index contributed by atoms with van der Waals surface area (Å²) in [7, 11) is 1.56. The first-order valence-electron chi connectivity index (χ1n) is 5.73. The maximum Gasteiger partial charge on any atom is 0.325 e. The topological polar surface area (TPSA) is 44.2 Å². The molecule has 4 heteroatoms. The molecule has 0 radical (unpaired) electrons. The smallest absolute Gasteiger partial charge is 0.325 e. The van der Waals surface area contributed by atoms with E-state index < -0.39 is 0 Å². The van der Waals surface area contributed by atoms with E-state index in [1.165, 1.54) is 5.56 Å². The van der Waals surface area contributed by atoms with Gasteiger partial charge in [0, 0.05) is 12.3 Å². The van der Waals surface area contributed by atoms with Crippen molar-refractivity contribution >= 4 is 0 Å². The van der Waals surface area contributed by atoms with E-state index in [9.17, 15) is 0 Å². The van der Waals surface area contributed by atoms with Gasteiger partial charge < -0.3 is 9.47 Å². The van der Waals surface area contributed by atoms with Gasteiger partial charge in [-0.15, -0.1) is 0 Å². The fourth-order valence-corrected chi connectivity index (χ4v) is 1.69. The summed E-state index contributed by atoms with van der Waals surface area (Å²) in [6.07, 6.45) is 1.61. The summed E-state index contributed by atoms with van der Waals surface area (Å²) in [5.74, 6) is 1.27. The van der Waals surface area contributed by atoms with E-state index in [1.54, 1.807) is 19.4 Å². The van der Waals surface area contributed by atoms with Crippen molar-refractivity contribution in [3.8, 4) is 17.6 Å². The van der Waals surface area contributed by atoms with Gasteiger partial charge in [-0.25, -0.2) is 4.98 Å². The molecule has 1 aromatic heterocycles. The third-order valence-corrected chi connectivity index (χ3v) is 2.78. The largest absolute Gasteiger partial charge is 0.481 e. The molecule has 94 valence electrons. The van der Waals surface area contributed by atoms with Crippen molar-refractivity contribution in [2.45, 2.75) is 20.8 Å². The van der Waals surface area contributed by atoms with Crippen molar-refractivity contribution in [1.29, 1.82) is 0 Å². The van der Waals surface area contributed by atoms with E-state index >= 15 is 0 Å². The predicted octanol–water partition coefficient (Wildman–Crippen LogP) is 3.20. The Balaban J connectivity index is 2.33. The maximum atomic E-state index is 5.71. The van der Waals surface area contributed by atoms with Crippen LogP contribution in [-0.2, 0) is 0 Å². The Morgan fingerprint density at radius 2 is 1.89 bits per heavy atom. The van der Waals surface area contributed by atoms with E-state index in [0.29, 0.717) is 11.9 Å². The van der Waals surface area contributed by atoms with Gasteiger partial charge in [-0.2, -0.15) is 4.98 Å². The summed E-state index contributed by atoms with van der Waals surface area (Å²) < 4.78 is 10.8. The molecule has 0 fully saturated rings. The highest BCUT2D eigenvalue weighted by Gasteiger charge is 2.07. The van der Waals surface area contributed by atoms with Crippen molar-refractivity contribution in [3.05, 3.63) is 41.1 Å². The second kappa shape index (κ2) is 5.04. The zero-order valence-corrected chi connectivity index (χ0v) is 11.0. The second-order valence-electron chi connectivity index (χ2n) is 4.19. The summed E-state index contributed by atoms with van der Waals surface area (Å²) >= 11 is 0. The van der Waals surface area contributed by atoms with E-state index in [4.69, 9.17) is 9.47 Å². The van der Waals surface area contributed by atoms with Crippen molar-refractivity contribution in [1.82, 2.24) is 9.97 Å². The predicted molar refractivity (Wildman–Crippen MR) is 69.3 cm³/mol. The van der Waals surface area contributed by atoms with Crippen LogP contribution in [0.3, 0.4) is 0 Å². The van der Waals surface area contributed by atoms with Crippen molar-refractivity contribution in [2.75, 3.05) is 7.11 Å². The highest BCUT2D eigenvalue weighted by molar-refractivity contribution is 5.43. The molecule has 1 aromatic carbocycles. The lowest BCUT2D eigenvalue weighted by Gasteiger charge is -2.10. The van der Waals surface area contributed by atoms with Gasteiger partial charge in [-0.3, -0.25) is 0 Å². The zero-order chi connectivity index (χ0) is 13.1. The standard InChI is InChI=1S/C14H16N2O2/c1-9-7-10(2)11(3)12(8-9)18-14-15-6-5-13(16-14)17-4/h5-8H,1-4H3. The van der Waals surface area contributed by atoms with Crippen LogP contribution >= 0.6 is 0 Å². The average molecular weight is 244 g/mol. The summed E-state index contributed by atoms with van der Waals surface area (Å²) in [5.41, 5.74) is 3.43. The average Bonchev–Trinajstić information content (AvgIpc) is 2.35. The first-order valence-corrected chi connectivity index (χ1v) is 5.73. The summed E-state index contributed by atoms with van der Waals surface area (Å²) in [6, 6.07) is 6.07. The van der Waals surface area contributed by atoms with Gasteiger partial charge in [0.05, 0.1) is 7.11 Å². The van der Waals surface area contributed by atoms with Crippen LogP contribution in [0.25, 0.3) is 0 Å². The van der Waals surface area contributed by atoms with Gasteiger partial charge in [0.2, 0.25) is 5.88 Å². The molecule has 0 N–H and O–H groups in total. The lowest BCUT2D eigenvalue weighted by atomic mass is 10.1. The molecule has 0 saturated heterocycles. The molecule has 0 amide bonds. The highest BCUT2D eigenvalue weighted by atomic mass is 16.5. The molecule has 2 aromatic rings. The molecule has 0 atom stereocenters. The van der Waals surface area contributed by atoms with E-state index in [-0.39, 0.29) is 0 Å². The lowest BCUT2D eigenvalue weighted by Crippen LogP contribution is -1.97. The van der Waals surface area contributed by atoms with Gasteiger partial charge in [0.15, 0.2) is 0 Å². The Hall–Kier alpha value is -2.10. The number of aryl methyl sites for hydroxylation is 2. The molecule has 0 aliphatic carbocycles. The van der Waals surface area contributed by atoms with Gasteiger partial charge in [-0.1, -0.05) is 6.07 Å². The van der Waals surface area contributed by atoms with Crippen molar-refractivity contribution in [3.63, 3.8) is 0 Å². The third-order valence-electron chi connectivity index (χ3n) is 2.78. The third kappa shape index (κ3) is 2.59. The summed E-state index contributed by atoms with van der Waals surface area (Å²) in [5, 5.41) is 0. The van der Waals surface area contributed by atoms with Crippen LogP contribution in [0.5, 0.6) is 17.6 Å².